The Hall–Kier alpha value is -1.07. The van der Waals surface area contributed by atoms with Gasteiger partial charge in [0.05, 0.1) is 12.2 Å². The zero-order valence-corrected chi connectivity index (χ0v) is 10.6. The van der Waals surface area contributed by atoms with E-state index in [9.17, 15) is 18.3 Å². The first-order valence-electron chi connectivity index (χ1n) is 6.52. The van der Waals surface area contributed by atoms with E-state index in [0.717, 1.165) is 18.9 Å². The molecule has 2 rings (SSSR count). The van der Waals surface area contributed by atoms with Gasteiger partial charge in [0, 0.05) is 18.5 Å². The molecule has 0 aliphatic heterocycles. The molecule has 1 unspecified atom stereocenters. The Labute approximate surface area is 110 Å². The second-order valence-corrected chi connectivity index (χ2v) is 5.00. The third kappa shape index (κ3) is 3.48. The summed E-state index contributed by atoms with van der Waals surface area (Å²) in [5.41, 5.74) is -0.478. The van der Waals surface area contributed by atoms with Crippen molar-refractivity contribution in [1.82, 2.24) is 5.32 Å². The number of aliphatic hydroxyl groups excluding tert-OH is 1. The van der Waals surface area contributed by atoms with Crippen molar-refractivity contribution in [2.24, 2.45) is 0 Å². The van der Waals surface area contributed by atoms with E-state index < -0.39 is 17.7 Å². The number of hydrogen-bond acceptors (Lipinski definition) is 2. The maximum Gasteiger partial charge on any atom is 0.416 e. The number of benzene rings is 1. The average Bonchev–Trinajstić information content (AvgIpc) is 2.31. The van der Waals surface area contributed by atoms with Crippen molar-refractivity contribution in [3.8, 4) is 0 Å². The van der Waals surface area contributed by atoms with Gasteiger partial charge in [0.15, 0.2) is 0 Å². The molecule has 0 heterocycles. The second kappa shape index (κ2) is 5.92. The maximum atomic E-state index is 12.9. The van der Waals surface area contributed by atoms with Crippen molar-refractivity contribution in [3.63, 3.8) is 0 Å². The Balaban J connectivity index is 2.12. The van der Waals surface area contributed by atoms with Crippen LogP contribution in [0.4, 0.5) is 13.2 Å². The highest BCUT2D eigenvalue weighted by Gasteiger charge is 2.34. The Morgan fingerprint density at radius 2 is 1.95 bits per heavy atom. The van der Waals surface area contributed by atoms with Crippen LogP contribution in [-0.4, -0.2) is 24.3 Å². The van der Waals surface area contributed by atoms with Crippen molar-refractivity contribution in [2.75, 3.05) is 13.2 Å². The highest BCUT2D eigenvalue weighted by molar-refractivity contribution is 5.33. The van der Waals surface area contributed by atoms with Crippen LogP contribution in [0.25, 0.3) is 0 Å². The molecule has 1 aromatic rings. The Morgan fingerprint density at radius 3 is 2.47 bits per heavy atom. The van der Waals surface area contributed by atoms with Crippen molar-refractivity contribution in [3.05, 3.63) is 35.4 Å². The lowest BCUT2D eigenvalue weighted by molar-refractivity contribution is -0.138. The summed E-state index contributed by atoms with van der Waals surface area (Å²) in [7, 11) is 0. The predicted octanol–water partition coefficient (Wildman–Crippen LogP) is 2.92. The van der Waals surface area contributed by atoms with Crippen LogP contribution in [0.3, 0.4) is 0 Å². The quantitative estimate of drug-likeness (QED) is 0.864. The van der Waals surface area contributed by atoms with Crippen LogP contribution in [0, 0.1) is 0 Å². The Morgan fingerprint density at radius 1 is 1.26 bits per heavy atom. The van der Waals surface area contributed by atoms with Gasteiger partial charge >= 0.3 is 6.18 Å². The van der Waals surface area contributed by atoms with Gasteiger partial charge in [-0.25, -0.2) is 0 Å². The molecule has 5 heteroatoms. The fourth-order valence-corrected chi connectivity index (χ4v) is 2.31. The lowest BCUT2D eigenvalue weighted by Crippen LogP contribution is -2.38. The lowest BCUT2D eigenvalue weighted by atomic mass is 9.90. The summed E-state index contributed by atoms with van der Waals surface area (Å²) in [6, 6.07) is 5.87. The van der Waals surface area contributed by atoms with Gasteiger partial charge in [0.1, 0.15) is 0 Å². The molecule has 1 aliphatic rings. The third-order valence-electron chi connectivity index (χ3n) is 3.68. The van der Waals surface area contributed by atoms with Crippen LogP contribution in [0.15, 0.2) is 24.3 Å². The summed E-state index contributed by atoms with van der Waals surface area (Å²) in [6.07, 6.45) is -1.07. The van der Waals surface area contributed by atoms with Gasteiger partial charge < -0.3 is 10.4 Å². The molecule has 0 amide bonds. The average molecular weight is 273 g/mol. The van der Waals surface area contributed by atoms with Gasteiger partial charge in [0.2, 0.25) is 0 Å². The van der Waals surface area contributed by atoms with E-state index in [-0.39, 0.29) is 12.2 Å². The molecule has 2 nitrogen and oxygen atoms in total. The molecule has 0 radical (unpaired) electrons. The molecule has 0 saturated heterocycles. The Kier molecular flexibility index (Phi) is 4.47. The molecule has 106 valence electrons. The van der Waals surface area contributed by atoms with E-state index in [1.165, 1.54) is 18.6 Å². The minimum Gasteiger partial charge on any atom is -0.396 e. The van der Waals surface area contributed by atoms with Gasteiger partial charge in [-0.1, -0.05) is 24.6 Å². The smallest absolute Gasteiger partial charge is 0.396 e. The van der Waals surface area contributed by atoms with Crippen LogP contribution in [0.1, 0.15) is 36.3 Å². The molecule has 1 saturated carbocycles. The van der Waals surface area contributed by atoms with E-state index in [4.69, 9.17) is 0 Å². The van der Waals surface area contributed by atoms with Crippen molar-refractivity contribution in [2.45, 2.75) is 37.4 Å². The van der Waals surface area contributed by atoms with Crippen LogP contribution >= 0.6 is 0 Å². The van der Waals surface area contributed by atoms with Gasteiger partial charge in [-0.2, -0.15) is 13.2 Å². The van der Waals surface area contributed by atoms with Gasteiger partial charge in [-0.05, 0) is 24.5 Å². The normalized spacial score (nSPS) is 18.1. The minimum absolute atomic E-state index is 0.171. The fraction of sp³-hybridized carbons (Fsp3) is 0.571. The molecule has 0 bridgehead atoms. The first kappa shape index (κ1) is 14.3. The zero-order valence-electron chi connectivity index (χ0n) is 10.6. The molecule has 1 atom stereocenters. The number of halogens is 3. The van der Waals surface area contributed by atoms with Crippen LogP contribution in [0.5, 0.6) is 0 Å². The van der Waals surface area contributed by atoms with Crippen LogP contribution < -0.4 is 5.32 Å². The number of alkyl halides is 3. The number of rotatable bonds is 5. The highest BCUT2D eigenvalue weighted by Crippen LogP contribution is 2.35. The number of nitrogens with one attached hydrogen (secondary N) is 1. The van der Waals surface area contributed by atoms with E-state index in [1.807, 2.05) is 0 Å². The van der Waals surface area contributed by atoms with Crippen molar-refractivity contribution in [1.29, 1.82) is 0 Å². The first-order valence-corrected chi connectivity index (χ1v) is 6.52. The summed E-state index contributed by atoms with van der Waals surface area (Å²) in [5.74, 6) is -0.515. The summed E-state index contributed by atoms with van der Waals surface area (Å²) in [4.78, 5) is 0. The van der Waals surface area contributed by atoms with Crippen molar-refractivity contribution >= 4 is 0 Å². The predicted molar refractivity (Wildman–Crippen MR) is 66.9 cm³/mol. The highest BCUT2D eigenvalue weighted by atomic mass is 19.4. The molecule has 2 N–H and O–H groups in total. The maximum absolute atomic E-state index is 12.9. The molecule has 19 heavy (non-hydrogen) atoms. The Bertz CT molecular complexity index is 415. The van der Waals surface area contributed by atoms with Gasteiger partial charge in [-0.3, -0.25) is 0 Å². The van der Waals surface area contributed by atoms with E-state index >= 15 is 0 Å². The van der Waals surface area contributed by atoms with Gasteiger partial charge in [0.25, 0.3) is 0 Å². The topological polar surface area (TPSA) is 32.3 Å². The van der Waals surface area contributed by atoms with E-state index in [2.05, 4.69) is 5.32 Å². The van der Waals surface area contributed by atoms with E-state index in [0.29, 0.717) is 12.6 Å². The van der Waals surface area contributed by atoms with E-state index in [1.54, 1.807) is 6.07 Å². The molecule has 1 aromatic carbocycles. The zero-order chi connectivity index (χ0) is 13.9. The number of hydrogen-bond donors (Lipinski definition) is 2. The van der Waals surface area contributed by atoms with Crippen LogP contribution in [0.2, 0.25) is 0 Å². The van der Waals surface area contributed by atoms with Crippen molar-refractivity contribution < 1.29 is 18.3 Å². The standard InChI is InChI=1S/C14H18F3NO/c15-14(16,17)13-7-2-1-6-12(13)10(9-19)8-18-11-4-3-5-11/h1-2,6-7,10-11,18-19H,3-5,8-9H2. The summed E-state index contributed by atoms with van der Waals surface area (Å²) < 4.78 is 38.8. The molecular formula is C14H18F3NO. The van der Waals surface area contributed by atoms with Crippen LogP contribution in [-0.2, 0) is 6.18 Å². The summed E-state index contributed by atoms with van der Waals surface area (Å²) in [6.45, 7) is 0.0983. The molecule has 0 aromatic heterocycles. The molecule has 1 fully saturated rings. The third-order valence-corrected chi connectivity index (χ3v) is 3.68. The summed E-state index contributed by atoms with van der Waals surface area (Å²) in [5, 5.41) is 12.6. The minimum atomic E-state index is -4.37. The largest absolute Gasteiger partial charge is 0.416 e. The van der Waals surface area contributed by atoms with Gasteiger partial charge in [-0.15, -0.1) is 0 Å². The monoisotopic (exact) mass is 273 g/mol. The molecule has 1 aliphatic carbocycles. The number of aliphatic hydroxyl groups is 1. The molecule has 0 spiro atoms. The summed E-state index contributed by atoms with van der Waals surface area (Å²) >= 11 is 0. The molecular weight excluding hydrogens is 255 g/mol. The fourth-order valence-electron chi connectivity index (χ4n) is 2.31. The first-order chi connectivity index (χ1) is 9.02. The lowest BCUT2D eigenvalue weighted by Gasteiger charge is -2.29. The SMILES string of the molecule is OCC(CNC1CCC1)c1ccccc1C(F)(F)F. The second-order valence-electron chi connectivity index (χ2n) is 5.00.